The summed E-state index contributed by atoms with van der Waals surface area (Å²) in [4.78, 5) is 14.3. The molecule has 0 aromatic carbocycles. The summed E-state index contributed by atoms with van der Waals surface area (Å²) in [6.07, 6.45) is 5.87. The third kappa shape index (κ3) is 3.66. The number of nitriles is 1. The number of anilines is 1. The average molecular weight is 407 g/mol. The van der Waals surface area contributed by atoms with Crippen molar-refractivity contribution in [3.8, 4) is 6.07 Å². The minimum atomic E-state index is -0.0687. The molecule has 3 aromatic rings. The summed E-state index contributed by atoms with van der Waals surface area (Å²) in [7, 11) is 2.05. The van der Waals surface area contributed by atoms with Gasteiger partial charge in [0.2, 0.25) is 0 Å². The molecule has 0 saturated carbocycles. The van der Waals surface area contributed by atoms with Crippen LogP contribution in [0.4, 0.5) is 5.82 Å². The van der Waals surface area contributed by atoms with E-state index in [0.717, 1.165) is 36.4 Å². The number of aromatic nitrogens is 2. The Hall–Kier alpha value is -3.24. The summed E-state index contributed by atoms with van der Waals surface area (Å²) in [6.45, 7) is 5.70. The fraction of sp³-hybridized carbons (Fsp3) is 0.391. The summed E-state index contributed by atoms with van der Waals surface area (Å²) in [5.74, 6) is 1.27. The molecule has 0 aliphatic carbocycles. The Morgan fingerprint density at radius 1 is 1.37 bits per heavy atom. The van der Waals surface area contributed by atoms with Crippen LogP contribution >= 0.6 is 0 Å². The number of quaternary nitrogens is 1. The number of carbonyl (C=O) groups excluding carboxylic acids is 1. The van der Waals surface area contributed by atoms with Gasteiger partial charge in [0.25, 0.3) is 5.91 Å². The van der Waals surface area contributed by atoms with Gasteiger partial charge in [0, 0.05) is 31.8 Å². The molecule has 1 amide bonds. The Balaban J connectivity index is 1.55. The van der Waals surface area contributed by atoms with Crippen molar-refractivity contribution in [1.82, 2.24) is 9.13 Å². The van der Waals surface area contributed by atoms with Crippen molar-refractivity contribution in [1.29, 1.82) is 5.26 Å². The second-order valence-electron chi connectivity index (χ2n) is 8.08. The number of hydrogen-bond acceptors (Lipinski definition) is 3. The van der Waals surface area contributed by atoms with Gasteiger partial charge < -0.3 is 23.8 Å². The van der Waals surface area contributed by atoms with Crippen molar-refractivity contribution in [3.63, 3.8) is 0 Å². The minimum Gasteiger partial charge on any atom is -0.467 e. The van der Waals surface area contributed by atoms with Gasteiger partial charge in [-0.3, -0.25) is 4.79 Å². The average Bonchev–Trinajstić information content (AvgIpc) is 3.49. The Morgan fingerprint density at radius 3 is 2.87 bits per heavy atom. The number of hydrogen-bond donors (Lipinski definition) is 2. The molecule has 4 rings (SSSR count). The number of carbonyl (C=O) groups is 1. The van der Waals surface area contributed by atoms with Crippen LogP contribution in [0.1, 0.15) is 47.2 Å². The van der Waals surface area contributed by atoms with Crippen molar-refractivity contribution in [2.75, 3.05) is 18.4 Å². The third-order valence-electron chi connectivity index (χ3n) is 6.31. The molecule has 0 bridgehead atoms. The molecule has 1 aliphatic heterocycles. The molecule has 0 spiro atoms. The van der Waals surface area contributed by atoms with E-state index in [2.05, 4.69) is 41.3 Å². The normalized spacial score (nSPS) is 18.5. The van der Waals surface area contributed by atoms with E-state index in [1.807, 2.05) is 30.5 Å². The minimum absolute atomic E-state index is 0.0687. The van der Waals surface area contributed by atoms with E-state index in [1.165, 1.54) is 10.6 Å². The highest BCUT2D eigenvalue weighted by Gasteiger charge is 2.33. The molecule has 2 atom stereocenters. The molecule has 0 radical (unpaired) electrons. The smallest absolute Gasteiger partial charge is 0.280 e. The maximum Gasteiger partial charge on any atom is 0.280 e. The van der Waals surface area contributed by atoms with Crippen LogP contribution in [0.2, 0.25) is 0 Å². The lowest BCUT2D eigenvalue weighted by atomic mass is 10.1. The molecular formula is C23H28N5O2+. The van der Waals surface area contributed by atoms with Crippen LogP contribution in [-0.2, 0) is 18.4 Å². The zero-order chi connectivity index (χ0) is 21.3. The summed E-state index contributed by atoms with van der Waals surface area (Å²) < 4.78 is 9.59. The number of nitrogens with one attached hydrogen (secondary N) is 2. The number of likely N-dealkylation sites (tertiary alicyclic amines) is 1. The Bertz CT molecular complexity index is 1080. The number of rotatable bonds is 6. The highest BCUT2D eigenvalue weighted by atomic mass is 16.3. The topological polar surface area (TPSA) is 80.3 Å². The number of furan rings is 1. The highest BCUT2D eigenvalue weighted by Crippen LogP contribution is 2.27. The maximum absolute atomic E-state index is 13.0. The SMILES string of the molecule is Cc1c(C#N)c(NC(=O)C[NH+]2CCC[C@@H]2c2cccn2C)n(Cc2ccco2)c1C. The molecular weight excluding hydrogens is 378 g/mol. The second kappa shape index (κ2) is 8.25. The lowest BCUT2D eigenvalue weighted by molar-refractivity contribution is -0.910. The van der Waals surface area contributed by atoms with Gasteiger partial charge in [0.15, 0.2) is 6.54 Å². The molecule has 4 heterocycles. The molecule has 7 heteroatoms. The number of aryl methyl sites for hydroxylation is 1. The largest absolute Gasteiger partial charge is 0.467 e. The molecule has 30 heavy (non-hydrogen) atoms. The predicted octanol–water partition coefficient (Wildman–Crippen LogP) is 2.31. The van der Waals surface area contributed by atoms with E-state index in [0.29, 0.717) is 30.5 Å². The van der Waals surface area contributed by atoms with E-state index < -0.39 is 0 Å². The van der Waals surface area contributed by atoms with Gasteiger partial charge in [0.05, 0.1) is 30.6 Å². The first-order valence-corrected chi connectivity index (χ1v) is 10.4. The molecule has 7 nitrogen and oxygen atoms in total. The Kier molecular flexibility index (Phi) is 5.51. The predicted molar refractivity (Wildman–Crippen MR) is 113 cm³/mol. The third-order valence-corrected chi connectivity index (χ3v) is 6.31. The standard InChI is InChI=1S/C23H27N5O2/c1-16-17(2)28(14-18-7-6-12-30-18)23(19(16)13-24)25-22(29)15-27-11-5-9-21(27)20-8-4-10-26(20)3/h4,6-8,10,12,21H,5,9,11,14-15H2,1-3H3,(H,25,29)/p+1/t21-/m1/s1. The van der Waals surface area contributed by atoms with Crippen LogP contribution in [0.3, 0.4) is 0 Å². The molecule has 1 aliphatic rings. The summed E-state index contributed by atoms with van der Waals surface area (Å²) in [6, 6.07) is 10.5. The maximum atomic E-state index is 13.0. The zero-order valence-corrected chi connectivity index (χ0v) is 17.7. The first-order valence-electron chi connectivity index (χ1n) is 10.4. The zero-order valence-electron chi connectivity index (χ0n) is 17.7. The van der Waals surface area contributed by atoms with Gasteiger partial charge >= 0.3 is 0 Å². The van der Waals surface area contributed by atoms with Crippen molar-refractivity contribution in [3.05, 3.63) is 65.0 Å². The first-order chi connectivity index (χ1) is 14.5. The number of nitrogens with zero attached hydrogens (tertiary/aromatic N) is 3. The quantitative estimate of drug-likeness (QED) is 0.659. The first kappa shape index (κ1) is 20.0. The van der Waals surface area contributed by atoms with Crippen LogP contribution in [0.15, 0.2) is 41.1 Å². The van der Waals surface area contributed by atoms with Crippen molar-refractivity contribution in [2.24, 2.45) is 7.05 Å². The van der Waals surface area contributed by atoms with Gasteiger partial charge in [-0.1, -0.05) is 0 Å². The van der Waals surface area contributed by atoms with Crippen molar-refractivity contribution < 1.29 is 14.1 Å². The summed E-state index contributed by atoms with van der Waals surface area (Å²) >= 11 is 0. The fourth-order valence-electron chi connectivity index (χ4n) is 4.59. The lowest BCUT2D eigenvalue weighted by Crippen LogP contribution is -3.11. The van der Waals surface area contributed by atoms with E-state index >= 15 is 0 Å². The van der Waals surface area contributed by atoms with Gasteiger partial charge in [-0.05, 0) is 43.7 Å². The van der Waals surface area contributed by atoms with E-state index in [4.69, 9.17) is 4.42 Å². The molecule has 1 fully saturated rings. The van der Waals surface area contributed by atoms with Gasteiger partial charge in [-0.25, -0.2) is 0 Å². The molecule has 3 aromatic heterocycles. The van der Waals surface area contributed by atoms with Crippen molar-refractivity contribution >= 4 is 11.7 Å². The van der Waals surface area contributed by atoms with Crippen LogP contribution in [0.5, 0.6) is 0 Å². The Morgan fingerprint density at radius 2 is 2.20 bits per heavy atom. The van der Waals surface area contributed by atoms with Crippen LogP contribution in [0, 0.1) is 25.2 Å². The second-order valence-corrected chi connectivity index (χ2v) is 8.08. The fourth-order valence-corrected chi connectivity index (χ4v) is 4.59. The molecule has 1 saturated heterocycles. The monoisotopic (exact) mass is 406 g/mol. The number of amides is 1. The molecule has 2 N–H and O–H groups in total. The van der Waals surface area contributed by atoms with E-state index in [1.54, 1.807) is 6.26 Å². The summed E-state index contributed by atoms with van der Waals surface area (Å²) in [5.41, 5.74) is 3.62. The van der Waals surface area contributed by atoms with Gasteiger partial charge in [-0.2, -0.15) is 5.26 Å². The summed E-state index contributed by atoms with van der Waals surface area (Å²) in [5, 5.41) is 12.8. The van der Waals surface area contributed by atoms with E-state index in [9.17, 15) is 10.1 Å². The van der Waals surface area contributed by atoms with Crippen LogP contribution < -0.4 is 10.2 Å². The van der Waals surface area contributed by atoms with Crippen LogP contribution in [0.25, 0.3) is 0 Å². The van der Waals surface area contributed by atoms with Gasteiger partial charge in [0.1, 0.15) is 23.7 Å². The van der Waals surface area contributed by atoms with Crippen molar-refractivity contribution in [2.45, 2.75) is 39.3 Å². The molecule has 156 valence electrons. The lowest BCUT2D eigenvalue weighted by Gasteiger charge is -2.22. The van der Waals surface area contributed by atoms with Crippen LogP contribution in [-0.4, -0.2) is 28.1 Å². The highest BCUT2D eigenvalue weighted by molar-refractivity contribution is 5.92. The molecule has 1 unspecified atom stereocenters. The van der Waals surface area contributed by atoms with Gasteiger partial charge in [-0.15, -0.1) is 0 Å². The Labute approximate surface area is 176 Å². The van der Waals surface area contributed by atoms with E-state index in [-0.39, 0.29) is 5.91 Å².